The molecule has 0 aliphatic carbocycles. The lowest BCUT2D eigenvalue weighted by molar-refractivity contribution is -0.122. The lowest BCUT2D eigenvalue weighted by Crippen LogP contribution is -2.30. The monoisotopic (exact) mass is 302 g/mol. The average Bonchev–Trinajstić information content (AvgIpc) is 2.46. The van der Waals surface area contributed by atoms with Gasteiger partial charge in [-0.1, -0.05) is 12.1 Å². The normalized spacial score (nSPS) is 11.8. The molecule has 0 fully saturated rings. The Labute approximate surface area is 129 Å². The van der Waals surface area contributed by atoms with Gasteiger partial charge in [-0.15, -0.1) is 0 Å². The Morgan fingerprint density at radius 2 is 1.95 bits per heavy atom. The zero-order chi connectivity index (χ0) is 16.3. The van der Waals surface area contributed by atoms with Crippen molar-refractivity contribution in [3.63, 3.8) is 0 Å². The fraction of sp³-hybridized carbons (Fsp3) is 0.235. The number of aryl methyl sites for hydroxylation is 2. The molecule has 3 N–H and O–H groups in total. The van der Waals surface area contributed by atoms with Gasteiger partial charge in [-0.3, -0.25) is 4.79 Å². The summed E-state index contributed by atoms with van der Waals surface area (Å²) in [4.78, 5) is 12.1. The van der Waals surface area contributed by atoms with E-state index >= 15 is 0 Å². The topological polar surface area (TPSA) is 64.3 Å². The first-order valence-corrected chi connectivity index (χ1v) is 6.96. The zero-order valence-corrected chi connectivity index (χ0v) is 12.8. The number of nitrogen functional groups attached to an aromatic ring is 1. The highest BCUT2D eigenvalue weighted by Gasteiger charge is 2.17. The quantitative estimate of drug-likeness (QED) is 0.850. The summed E-state index contributed by atoms with van der Waals surface area (Å²) in [7, 11) is 0. The Bertz CT molecular complexity index is 701. The fourth-order valence-electron chi connectivity index (χ4n) is 1.95. The number of halogens is 1. The number of hydrogen-bond donors (Lipinski definition) is 2. The number of nitrogens with one attached hydrogen (secondary N) is 1. The molecule has 0 heterocycles. The van der Waals surface area contributed by atoms with E-state index in [2.05, 4.69) is 5.32 Å². The van der Waals surface area contributed by atoms with Gasteiger partial charge in [0.15, 0.2) is 6.10 Å². The maximum Gasteiger partial charge on any atom is 0.265 e. The number of ether oxygens (including phenoxy) is 1. The minimum absolute atomic E-state index is 0.0430. The number of anilines is 2. The maximum absolute atomic E-state index is 13.6. The third-order valence-electron chi connectivity index (χ3n) is 3.26. The number of hydrogen-bond acceptors (Lipinski definition) is 3. The molecule has 1 amide bonds. The van der Waals surface area contributed by atoms with E-state index in [1.165, 1.54) is 18.2 Å². The van der Waals surface area contributed by atoms with Crippen molar-refractivity contribution in [2.24, 2.45) is 0 Å². The summed E-state index contributed by atoms with van der Waals surface area (Å²) in [6.07, 6.45) is -0.763. The van der Waals surface area contributed by atoms with Gasteiger partial charge in [-0.25, -0.2) is 4.39 Å². The Kier molecular flexibility index (Phi) is 4.65. The first kappa shape index (κ1) is 15.8. The van der Waals surface area contributed by atoms with Gasteiger partial charge in [0, 0.05) is 5.69 Å². The highest BCUT2D eigenvalue weighted by molar-refractivity contribution is 5.94. The van der Waals surface area contributed by atoms with Crippen LogP contribution in [0.2, 0.25) is 0 Å². The molecule has 1 atom stereocenters. The van der Waals surface area contributed by atoms with Crippen molar-refractivity contribution < 1.29 is 13.9 Å². The standard InChI is InChI=1S/C17H19FN2O2/c1-10-4-5-11(2)16(8-10)22-12(3)17(21)20-15-9-13(19)6-7-14(15)18/h4-9,12H,19H2,1-3H3,(H,20,21)/t12-/m1/s1. The highest BCUT2D eigenvalue weighted by atomic mass is 19.1. The Morgan fingerprint density at radius 3 is 2.68 bits per heavy atom. The molecule has 0 saturated heterocycles. The minimum Gasteiger partial charge on any atom is -0.481 e. The van der Waals surface area contributed by atoms with Crippen molar-refractivity contribution in [2.75, 3.05) is 11.1 Å². The molecule has 0 spiro atoms. The first-order chi connectivity index (χ1) is 10.4. The summed E-state index contributed by atoms with van der Waals surface area (Å²) < 4.78 is 19.3. The molecule has 2 aromatic rings. The van der Waals surface area contributed by atoms with Gasteiger partial charge >= 0.3 is 0 Å². The van der Waals surface area contributed by atoms with Crippen molar-refractivity contribution in [3.05, 3.63) is 53.3 Å². The number of carbonyl (C=O) groups is 1. The zero-order valence-electron chi connectivity index (χ0n) is 12.8. The Morgan fingerprint density at radius 1 is 1.23 bits per heavy atom. The molecule has 116 valence electrons. The van der Waals surface area contributed by atoms with Crippen molar-refractivity contribution in [1.29, 1.82) is 0 Å². The number of nitrogens with two attached hydrogens (primary N) is 1. The van der Waals surface area contributed by atoms with Gasteiger partial charge in [-0.05, 0) is 56.2 Å². The van der Waals surface area contributed by atoms with E-state index in [0.717, 1.165) is 11.1 Å². The largest absolute Gasteiger partial charge is 0.481 e. The van der Waals surface area contributed by atoms with E-state index < -0.39 is 17.8 Å². The van der Waals surface area contributed by atoms with Crippen LogP contribution in [0.3, 0.4) is 0 Å². The second-order valence-electron chi connectivity index (χ2n) is 5.26. The lowest BCUT2D eigenvalue weighted by Gasteiger charge is -2.17. The van der Waals surface area contributed by atoms with Crippen molar-refractivity contribution in [3.8, 4) is 5.75 Å². The first-order valence-electron chi connectivity index (χ1n) is 6.96. The SMILES string of the molecule is Cc1ccc(C)c(O[C@H](C)C(=O)Nc2cc(N)ccc2F)c1. The summed E-state index contributed by atoms with van der Waals surface area (Å²) in [5, 5.41) is 2.49. The number of benzene rings is 2. The molecule has 0 aromatic heterocycles. The van der Waals surface area contributed by atoms with Gasteiger partial charge < -0.3 is 15.8 Å². The molecule has 4 nitrogen and oxygen atoms in total. The molecule has 0 aliphatic rings. The van der Waals surface area contributed by atoms with E-state index in [0.29, 0.717) is 11.4 Å². The van der Waals surface area contributed by atoms with Crippen LogP contribution in [0.15, 0.2) is 36.4 Å². The van der Waals surface area contributed by atoms with E-state index in [1.807, 2.05) is 32.0 Å². The third kappa shape index (κ3) is 3.75. The molecule has 22 heavy (non-hydrogen) atoms. The van der Waals surface area contributed by atoms with Gasteiger partial charge in [0.25, 0.3) is 5.91 Å². The predicted octanol–water partition coefficient (Wildman–Crippen LogP) is 3.43. The molecule has 0 radical (unpaired) electrons. The lowest BCUT2D eigenvalue weighted by atomic mass is 10.1. The molecule has 2 aromatic carbocycles. The average molecular weight is 302 g/mol. The molecule has 0 saturated carbocycles. The summed E-state index contributed by atoms with van der Waals surface area (Å²) in [5.74, 6) is -0.345. The molecule has 0 unspecified atom stereocenters. The van der Waals surface area contributed by atoms with Crippen LogP contribution < -0.4 is 15.8 Å². The Hall–Kier alpha value is -2.56. The number of rotatable bonds is 4. The van der Waals surface area contributed by atoms with Crippen LogP contribution in [0.1, 0.15) is 18.1 Å². The van der Waals surface area contributed by atoms with Crippen LogP contribution in [0.25, 0.3) is 0 Å². The van der Waals surface area contributed by atoms with Gasteiger partial charge in [0.05, 0.1) is 5.69 Å². The smallest absolute Gasteiger partial charge is 0.265 e. The molecule has 0 bridgehead atoms. The highest BCUT2D eigenvalue weighted by Crippen LogP contribution is 2.22. The second-order valence-corrected chi connectivity index (χ2v) is 5.26. The van der Waals surface area contributed by atoms with Crippen LogP contribution in [-0.4, -0.2) is 12.0 Å². The molecule has 5 heteroatoms. The predicted molar refractivity (Wildman–Crippen MR) is 85.4 cm³/mol. The van der Waals surface area contributed by atoms with E-state index in [9.17, 15) is 9.18 Å². The minimum atomic E-state index is -0.763. The molecule has 0 aliphatic heterocycles. The number of amides is 1. The summed E-state index contributed by atoms with van der Waals surface area (Å²) in [5.41, 5.74) is 7.98. The Balaban J connectivity index is 2.09. The van der Waals surface area contributed by atoms with Crippen LogP contribution >= 0.6 is 0 Å². The van der Waals surface area contributed by atoms with Gasteiger partial charge in [0.2, 0.25) is 0 Å². The van der Waals surface area contributed by atoms with E-state index in [4.69, 9.17) is 10.5 Å². The van der Waals surface area contributed by atoms with Crippen LogP contribution in [0, 0.1) is 19.7 Å². The van der Waals surface area contributed by atoms with Crippen molar-refractivity contribution >= 4 is 17.3 Å². The van der Waals surface area contributed by atoms with Crippen molar-refractivity contribution in [2.45, 2.75) is 26.9 Å². The third-order valence-corrected chi connectivity index (χ3v) is 3.26. The van der Waals surface area contributed by atoms with Crippen LogP contribution in [-0.2, 0) is 4.79 Å². The fourth-order valence-corrected chi connectivity index (χ4v) is 1.95. The summed E-state index contributed by atoms with van der Waals surface area (Å²) in [6.45, 7) is 5.46. The van der Waals surface area contributed by atoms with Gasteiger partial charge in [-0.2, -0.15) is 0 Å². The van der Waals surface area contributed by atoms with Crippen LogP contribution in [0.5, 0.6) is 5.75 Å². The van der Waals surface area contributed by atoms with Crippen molar-refractivity contribution in [1.82, 2.24) is 0 Å². The molecular weight excluding hydrogens is 283 g/mol. The number of carbonyl (C=O) groups excluding carboxylic acids is 1. The summed E-state index contributed by atoms with van der Waals surface area (Å²) in [6, 6.07) is 9.77. The molecular formula is C17H19FN2O2. The summed E-state index contributed by atoms with van der Waals surface area (Å²) >= 11 is 0. The van der Waals surface area contributed by atoms with Crippen LogP contribution in [0.4, 0.5) is 15.8 Å². The van der Waals surface area contributed by atoms with E-state index in [-0.39, 0.29) is 5.69 Å². The second kappa shape index (κ2) is 6.47. The molecule has 2 rings (SSSR count). The van der Waals surface area contributed by atoms with Gasteiger partial charge in [0.1, 0.15) is 11.6 Å². The van der Waals surface area contributed by atoms with E-state index in [1.54, 1.807) is 6.92 Å². The maximum atomic E-state index is 13.6.